The summed E-state index contributed by atoms with van der Waals surface area (Å²) in [6.07, 6.45) is 3.63. The minimum absolute atomic E-state index is 0.738. The maximum atomic E-state index is 5.89. The second kappa shape index (κ2) is 6.51. The molecule has 0 spiro atoms. The maximum Gasteiger partial charge on any atom is 0.118 e. The summed E-state index contributed by atoms with van der Waals surface area (Å²) in [6.45, 7) is 7.99. The number of fused-ring (bicyclic) bond motifs is 1. The second-order valence-electron chi connectivity index (χ2n) is 6.74. The zero-order valence-corrected chi connectivity index (χ0v) is 13.7. The van der Waals surface area contributed by atoms with Crippen molar-refractivity contribution in [2.75, 3.05) is 40.3 Å². The highest BCUT2D eigenvalue weighted by Gasteiger charge is 2.42. The molecule has 3 heterocycles. The van der Waals surface area contributed by atoms with Crippen LogP contribution in [0.2, 0.25) is 0 Å². The molecule has 0 N–H and O–H groups in total. The van der Waals surface area contributed by atoms with Gasteiger partial charge in [-0.05, 0) is 39.1 Å². The zero-order chi connectivity index (χ0) is 14.8. The molecule has 21 heavy (non-hydrogen) atoms. The first-order chi connectivity index (χ1) is 10.2. The van der Waals surface area contributed by atoms with Crippen LogP contribution < -0.4 is 0 Å². The van der Waals surface area contributed by atoms with Crippen LogP contribution in [-0.2, 0) is 13.0 Å². The highest BCUT2D eigenvalue weighted by atomic mass is 16.3. The molecule has 0 unspecified atom stereocenters. The Hall–Kier alpha value is -0.840. The summed E-state index contributed by atoms with van der Waals surface area (Å²) in [6, 6.07) is 5.79. The molecule has 0 saturated carbocycles. The number of rotatable bonds is 6. The van der Waals surface area contributed by atoms with Gasteiger partial charge in [0, 0.05) is 44.7 Å². The first-order valence-electron chi connectivity index (χ1n) is 8.37. The first-order valence-corrected chi connectivity index (χ1v) is 8.37. The lowest BCUT2D eigenvalue weighted by atomic mass is 10.1. The molecule has 2 aliphatic heterocycles. The Morgan fingerprint density at radius 2 is 1.76 bits per heavy atom. The molecule has 1 aromatic rings. The SMILES string of the molecule is CCc1ccc(CN2CC[C@@H]3[C@H]2CCN3CCN(C)C)o1. The summed E-state index contributed by atoms with van der Waals surface area (Å²) in [5.74, 6) is 2.25. The lowest BCUT2D eigenvalue weighted by Crippen LogP contribution is -2.39. The van der Waals surface area contributed by atoms with Gasteiger partial charge in [-0.1, -0.05) is 6.92 Å². The third-order valence-corrected chi connectivity index (χ3v) is 5.07. The lowest BCUT2D eigenvalue weighted by molar-refractivity contribution is 0.196. The van der Waals surface area contributed by atoms with E-state index in [1.165, 1.54) is 39.0 Å². The van der Waals surface area contributed by atoms with Crippen LogP contribution in [0, 0.1) is 0 Å². The molecule has 0 radical (unpaired) electrons. The van der Waals surface area contributed by atoms with Gasteiger partial charge in [-0.3, -0.25) is 9.80 Å². The minimum atomic E-state index is 0.738. The van der Waals surface area contributed by atoms with E-state index >= 15 is 0 Å². The summed E-state index contributed by atoms with van der Waals surface area (Å²) >= 11 is 0. The largest absolute Gasteiger partial charge is 0.465 e. The number of likely N-dealkylation sites (tertiary alicyclic amines) is 2. The summed E-state index contributed by atoms with van der Waals surface area (Å²) in [4.78, 5) is 7.62. The van der Waals surface area contributed by atoms with Gasteiger partial charge in [-0.2, -0.15) is 0 Å². The number of likely N-dealkylation sites (N-methyl/N-ethyl adjacent to an activating group) is 1. The van der Waals surface area contributed by atoms with Crippen LogP contribution in [0.1, 0.15) is 31.3 Å². The highest BCUT2D eigenvalue weighted by Crippen LogP contribution is 2.32. The van der Waals surface area contributed by atoms with E-state index in [0.29, 0.717) is 0 Å². The van der Waals surface area contributed by atoms with E-state index in [0.717, 1.165) is 36.6 Å². The maximum absolute atomic E-state index is 5.89. The van der Waals surface area contributed by atoms with E-state index < -0.39 is 0 Å². The quantitative estimate of drug-likeness (QED) is 0.800. The van der Waals surface area contributed by atoms with Crippen molar-refractivity contribution in [2.45, 2.75) is 44.8 Å². The van der Waals surface area contributed by atoms with Crippen molar-refractivity contribution < 1.29 is 4.42 Å². The Labute approximate surface area is 128 Å². The van der Waals surface area contributed by atoms with Crippen LogP contribution >= 0.6 is 0 Å². The molecule has 0 aromatic carbocycles. The number of hydrogen-bond donors (Lipinski definition) is 0. The van der Waals surface area contributed by atoms with Crippen molar-refractivity contribution in [3.63, 3.8) is 0 Å². The predicted molar refractivity (Wildman–Crippen MR) is 85.4 cm³/mol. The van der Waals surface area contributed by atoms with Gasteiger partial charge in [-0.15, -0.1) is 0 Å². The van der Waals surface area contributed by atoms with Gasteiger partial charge in [0.15, 0.2) is 0 Å². The molecule has 0 bridgehead atoms. The van der Waals surface area contributed by atoms with Gasteiger partial charge in [0.2, 0.25) is 0 Å². The van der Waals surface area contributed by atoms with E-state index in [-0.39, 0.29) is 0 Å². The van der Waals surface area contributed by atoms with Crippen molar-refractivity contribution in [1.29, 1.82) is 0 Å². The van der Waals surface area contributed by atoms with Gasteiger partial charge < -0.3 is 9.32 Å². The standard InChI is InChI=1S/C17H29N3O/c1-4-14-5-6-15(21-14)13-20-10-8-16-17(20)7-9-19(16)12-11-18(2)3/h5-6,16-17H,4,7-13H2,1-3H3/t16-,17-/m1/s1. The lowest BCUT2D eigenvalue weighted by Gasteiger charge is -2.26. The fourth-order valence-corrected chi connectivity index (χ4v) is 3.86. The molecule has 2 atom stereocenters. The Kier molecular flexibility index (Phi) is 4.67. The van der Waals surface area contributed by atoms with Gasteiger partial charge in [0.05, 0.1) is 6.54 Å². The molecule has 2 saturated heterocycles. The zero-order valence-electron chi connectivity index (χ0n) is 13.7. The summed E-state index contributed by atoms with van der Waals surface area (Å²) < 4.78 is 5.89. The van der Waals surface area contributed by atoms with E-state index in [1.807, 2.05) is 0 Å². The third kappa shape index (κ3) is 3.33. The number of aryl methyl sites for hydroxylation is 1. The summed E-state index contributed by atoms with van der Waals surface area (Å²) in [5.41, 5.74) is 0. The number of nitrogens with zero attached hydrogens (tertiary/aromatic N) is 3. The van der Waals surface area contributed by atoms with Crippen molar-refractivity contribution in [1.82, 2.24) is 14.7 Å². The van der Waals surface area contributed by atoms with Crippen LogP contribution in [0.4, 0.5) is 0 Å². The normalized spacial score (nSPS) is 26.9. The third-order valence-electron chi connectivity index (χ3n) is 5.07. The van der Waals surface area contributed by atoms with Crippen molar-refractivity contribution in [3.8, 4) is 0 Å². The van der Waals surface area contributed by atoms with Crippen LogP contribution in [0.25, 0.3) is 0 Å². The molecule has 2 fully saturated rings. The van der Waals surface area contributed by atoms with Crippen LogP contribution in [-0.4, -0.2) is 67.1 Å². The molecule has 2 aliphatic rings. The highest BCUT2D eigenvalue weighted by molar-refractivity contribution is 5.09. The Balaban J connectivity index is 1.56. The fourth-order valence-electron chi connectivity index (χ4n) is 3.86. The first kappa shape index (κ1) is 15.1. The van der Waals surface area contributed by atoms with Gasteiger partial charge in [0.25, 0.3) is 0 Å². The van der Waals surface area contributed by atoms with Gasteiger partial charge in [-0.25, -0.2) is 0 Å². The topological polar surface area (TPSA) is 22.9 Å². The molecule has 0 aliphatic carbocycles. The van der Waals surface area contributed by atoms with E-state index in [2.05, 4.69) is 47.9 Å². The Morgan fingerprint density at radius 3 is 2.43 bits per heavy atom. The Morgan fingerprint density at radius 1 is 1.10 bits per heavy atom. The predicted octanol–water partition coefficient (Wildman–Crippen LogP) is 2.05. The summed E-state index contributed by atoms with van der Waals surface area (Å²) in [7, 11) is 4.33. The van der Waals surface area contributed by atoms with Crippen LogP contribution in [0.15, 0.2) is 16.5 Å². The van der Waals surface area contributed by atoms with E-state index in [4.69, 9.17) is 4.42 Å². The average molecular weight is 291 g/mol. The van der Waals surface area contributed by atoms with Crippen LogP contribution in [0.5, 0.6) is 0 Å². The van der Waals surface area contributed by atoms with Crippen LogP contribution in [0.3, 0.4) is 0 Å². The minimum Gasteiger partial charge on any atom is -0.465 e. The molecule has 0 amide bonds. The molecule has 118 valence electrons. The van der Waals surface area contributed by atoms with Gasteiger partial charge >= 0.3 is 0 Å². The second-order valence-corrected chi connectivity index (χ2v) is 6.74. The molecular weight excluding hydrogens is 262 g/mol. The fraction of sp³-hybridized carbons (Fsp3) is 0.765. The van der Waals surface area contributed by atoms with Gasteiger partial charge in [0.1, 0.15) is 11.5 Å². The number of hydrogen-bond acceptors (Lipinski definition) is 4. The summed E-state index contributed by atoms with van der Waals surface area (Å²) in [5, 5.41) is 0. The van der Waals surface area contributed by atoms with Crippen molar-refractivity contribution in [3.05, 3.63) is 23.7 Å². The molecule has 1 aromatic heterocycles. The Bertz CT molecular complexity index is 457. The molecule has 4 nitrogen and oxygen atoms in total. The monoisotopic (exact) mass is 291 g/mol. The van der Waals surface area contributed by atoms with E-state index in [1.54, 1.807) is 0 Å². The van der Waals surface area contributed by atoms with E-state index in [9.17, 15) is 0 Å². The molecule has 4 heteroatoms. The molecular formula is C17H29N3O. The number of furan rings is 1. The van der Waals surface area contributed by atoms with Crippen molar-refractivity contribution >= 4 is 0 Å². The average Bonchev–Trinajstić information content (AvgIpc) is 3.15. The van der Waals surface area contributed by atoms with Crippen molar-refractivity contribution in [2.24, 2.45) is 0 Å². The molecule has 3 rings (SSSR count). The smallest absolute Gasteiger partial charge is 0.118 e.